The number of hydrogen-bond donors (Lipinski definition) is 0. The van der Waals surface area contributed by atoms with Gasteiger partial charge in [-0.3, -0.25) is 19.3 Å². The maximum absolute atomic E-state index is 12.4. The molecule has 7 heteroatoms. The zero-order valence-corrected chi connectivity index (χ0v) is 17.0. The molecule has 1 aliphatic carbocycles. The highest BCUT2D eigenvalue weighted by molar-refractivity contribution is 9.10. The highest BCUT2D eigenvalue weighted by atomic mass is 79.9. The van der Waals surface area contributed by atoms with Crippen LogP contribution in [0.2, 0.25) is 0 Å². The average Bonchev–Trinajstić information content (AvgIpc) is 3.17. The Kier molecular flexibility index (Phi) is 4.63. The zero-order valence-electron chi connectivity index (χ0n) is 15.4. The molecule has 4 rings (SSSR count). The summed E-state index contributed by atoms with van der Waals surface area (Å²) in [7, 11) is 0. The number of esters is 1. The molecule has 1 saturated carbocycles. The number of ether oxygens (including phenoxy) is 2. The Morgan fingerprint density at radius 3 is 2.81 bits per heavy atom. The number of imide groups is 1. The van der Waals surface area contributed by atoms with Gasteiger partial charge in [-0.15, -0.1) is 0 Å². The third-order valence-corrected chi connectivity index (χ3v) is 6.44. The molecule has 144 valence electrons. The molecule has 27 heavy (non-hydrogen) atoms. The van der Waals surface area contributed by atoms with E-state index in [1.54, 1.807) is 18.2 Å². The van der Waals surface area contributed by atoms with E-state index < -0.39 is 0 Å². The Hall–Kier alpha value is -1.73. The summed E-state index contributed by atoms with van der Waals surface area (Å²) in [5, 5.41) is 0. The van der Waals surface area contributed by atoms with Gasteiger partial charge < -0.3 is 9.47 Å². The summed E-state index contributed by atoms with van der Waals surface area (Å²) < 4.78 is 12.2. The summed E-state index contributed by atoms with van der Waals surface area (Å²) in [5.74, 6) is -0.603. The first-order valence-corrected chi connectivity index (χ1v) is 10.1. The van der Waals surface area contributed by atoms with Gasteiger partial charge in [0.1, 0.15) is 6.10 Å². The van der Waals surface area contributed by atoms with Crippen molar-refractivity contribution in [3.8, 4) is 0 Å². The molecule has 0 radical (unpaired) electrons. The SMILES string of the molecule is CC1(C)[C@@H]2OCC[C@@H]2[C@H]1OC(=O)CCCN1C(=O)c2ccc(Br)cc2C1=O. The second-order valence-corrected chi connectivity index (χ2v) is 8.95. The number of benzene rings is 1. The summed E-state index contributed by atoms with van der Waals surface area (Å²) in [6.45, 7) is 5.06. The Balaban J connectivity index is 1.30. The highest BCUT2D eigenvalue weighted by Crippen LogP contribution is 2.53. The molecule has 2 aliphatic heterocycles. The van der Waals surface area contributed by atoms with Crippen LogP contribution in [-0.2, 0) is 14.3 Å². The van der Waals surface area contributed by atoms with E-state index in [-0.39, 0.29) is 48.4 Å². The van der Waals surface area contributed by atoms with Crippen LogP contribution in [0.15, 0.2) is 22.7 Å². The Morgan fingerprint density at radius 1 is 1.30 bits per heavy atom. The van der Waals surface area contributed by atoms with Crippen molar-refractivity contribution >= 4 is 33.7 Å². The fraction of sp³-hybridized carbons (Fsp3) is 0.550. The molecule has 6 nitrogen and oxygen atoms in total. The van der Waals surface area contributed by atoms with Gasteiger partial charge in [0.2, 0.25) is 0 Å². The third-order valence-electron chi connectivity index (χ3n) is 5.95. The molecule has 3 atom stereocenters. The fourth-order valence-electron chi connectivity index (χ4n) is 4.57. The van der Waals surface area contributed by atoms with Gasteiger partial charge >= 0.3 is 5.97 Å². The van der Waals surface area contributed by atoms with Gasteiger partial charge in [0.05, 0.1) is 17.2 Å². The Morgan fingerprint density at radius 2 is 2.04 bits per heavy atom. The number of rotatable bonds is 5. The minimum absolute atomic E-state index is 0.117. The topological polar surface area (TPSA) is 72.9 Å². The number of halogens is 1. The minimum Gasteiger partial charge on any atom is -0.461 e. The zero-order chi connectivity index (χ0) is 19.3. The predicted octanol–water partition coefficient (Wildman–Crippen LogP) is 3.18. The summed E-state index contributed by atoms with van der Waals surface area (Å²) in [6, 6.07) is 5.04. The van der Waals surface area contributed by atoms with Crippen molar-refractivity contribution in [2.45, 2.75) is 45.3 Å². The molecule has 0 bridgehead atoms. The summed E-state index contributed by atoms with van der Waals surface area (Å²) in [5.41, 5.74) is 0.655. The van der Waals surface area contributed by atoms with Crippen LogP contribution in [0.4, 0.5) is 0 Å². The number of carbonyl (C=O) groups excluding carboxylic acids is 3. The van der Waals surface area contributed by atoms with E-state index in [1.807, 2.05) is 0 Å². The summed E-state index contributed by atoms with van der Waals surface area (Å²) >= 11 is 3.32. The summed E-state index contributed by atoms with van der Waals surface area (Å²) in [4.78, 5) is 38.3. The second-order valence-electron chi connectivity index (χ2n) is 8.03. The molecule has 0 aromatic heterocycles. The lowest BCUT2D eigenvalue weighted by molar-refractivity contribution is -0.210. The molecular formula is C20H22BrNO5. The molecule has 1 saturated heterocycles. The van der Waals surface area contributed by atoms with Crippen molar-refractivity contribution in [3.05, 3.63) is 33.8 Å². The first kappa shape index (κ1) is 18.6. The molecule has 2 heterocycles. The molecule has 0 N–H and O–H groups in total. The van der Waals surface area contributed by atoms with Gasteiger partial charge in [0.25, 0.3) is 11.8 Å². The van der Waals surface area contributed by atoms with Gasteiger partial charge in [-0.1, -0.05) is 29.8 Å². The normalized spacial score (nSPS) is 28.0. The molecule has 3 aliphatic rings. The van der Waals surface area contributed by atoms with Gasteiger partial charge in [0.15, 0.2) is 0 Å². The molecule has 2 fully saturated rings. The highest BCUT2D eigenvalue weighted by Gasteiger charge is 2.61. The Labute approximate surface area is 166 Å². The van der Waals surface area contributed by atoms with E-state index >= 15 is 0 Å². The number of fused-ring (bicyclic) bond motifs is 2. The average molecular weight is 436 g/mol. The fourth-order valence-corrected chi connectivity index (χ4v) is 4.93. The quantitative estimate of drug-likeness (QED) is 0.524. The van der Waals surface area contributed by atoms with Crippen LogP contribution in [0, 0.1) is 11.3 Å². The van der Waals surface area contributed by atoms with Crippen molar-refractivity contribution in [3.63, 3.8) is 0 Å². The first-order valence-electron chi connectivity index (χ1n) is 9.27. The monoisotopic (exact) mass is 435 g/mol. The number of hydrogen-bond acceptors (Lipinski definition) is 5. The van der Waals surface area contributed by atoms with E-state index in [1.165, 1.54) is 4.90 Å². The largest absolute Gasteiger partial charge is 0.461 e. The van der Waals surface area contributed by atoms with E-state index in [4.69, 9.17) is 9.47 Å². The number of amides is 2. The molecule has 0 spiro atoms. The van der Waals surface area contributed by atoms with Crippen molar-refractivity contribution in [1.29, 1.82) is 0 Å². The van der Waals surface area contributed by atoms with Crippen LogP contribution in [0.1, 0.15) is 53.8 Å². The number of carbonyl (C=O) groups is 3. The standard InChI is InChI=1S/C20H22BrNO5/c1-20(2)16-13(7-9-26-16)17(20)27-15(23)4-3-8-22-18(24)12-6-5-11(21)10-14(12)19(22)25/h5-6,10,13,16-17H,3-4,7-9H2,1-2H3/t13-,16+,17+/m0/s1. The van der Waals surface area contributed by atoms with Gasteiger partial charge in [0, 0.05) is 35.4 Å². The lowest BCUT2D eigenvalue weighted by Crippen LogP contribution is -2.61. The van der Waals surface area contributed by atoms with Crippen molar-refractivity contribution in [1.82, 2.24) is 4.90 Å². The molecule has 2 amide bonds. The Bertz CT molecular complexity index is 821. The lowest BCUT2D eigenvalue weighted by Gasteiger charge is -2.53. The van der Waals surface area contributed by atoms with Gasteiger partial charge in [-0.05, 0) is 31.0 Å². The van der Waals surface area contributed by atoms with E-state index in [0.29, 0.717) is 23.5 Å². The van der Waals surface area contributed by atoms with Crippen molar-refractivity contribution in [2.24, 2.45) is 11.3 Å². The van der Waals surface area contributed by atoms with Crippen LogP contribution in [0.25, 0.3) is 0 Å². The van der Waals surface area contributed by atoms with Crippen LogP contribution in [0.5, 0.6) is 0 Å². The van der Waals surface area contributed by atoms with Gasteiger partial charge in [-0.25, -0.2) is 0 Å². The maximum Gasteiger partial charge on any atom is 0.306 e. The predicted molar refractivity (Wildman–Crippen MR) is 100 cm³/mol. The maximum atomic E-state index is 12.4. The smallest absolute Gasteiger partial charge is 0.306 e. The van der Waals surface area contributed by atoms with Gasteiger partial charge in [-0.2, -0.15) is 0 Å². The molecular weight excluding hydrogens is 414 g/mol. The van der Waals surface area contributed by atoms with Crippen molar-refractivity contribution in [2.75, 3.05) is 13.2 Å². The molecule has 1 aromatic carbocycles. The van der Waals surface area contributed by atoms with Crippen LogP contribution < -0.4 is 0 Å². The second kappa shape index (κ2) is 6.71. The number of nitrogens with zero attached hydrogens (tertiary/aromatic N) is 1. The third kappa shape index (κ3) is 3.01. The molecule has 1 aromatic rings. The van der Waals surface area contributed by atoms with Crippen molar-refractivity contribution < 1.29 is 23.9 Å². The van der Waals surface area contributed by atoms with E-state index in [0.717, 1.165) is 17.5 Å². The van der Waals surface area contributed by atoms with Crippen LogP contribution >= 0.6 is 15.9 Å². The van der Waals surface area contributed by atoms with E-state index in [2.05, 4.69) is 29.8 Å². The molecule has 0 unspecified atom stereocenters. The first-order chi connectivity index (χ1) is 12.8. The minimum atomic E-state index is -0.310. The van der Waals surface area contributed by atoms with E-state index in [9.17, 15) is 14.4 Å². The van der Waals surface area contributed by atoms with Crippen LogP contribution in [0.3, 0.4) is 0 Å². The lowest BCUT2D eigenvalue weighted by atomic mass is 9.59. The van der Waals surface area contributed by atoms with Crippen LogP contribution in [-0.4, -0.2) is 48.0 Å². The summed E-state index contributed by atoms with van der Waals surface area (Å²) in [6.07, 6.45) is 1.56.